The van der Waals surface area contributed by atoms with Crippen LogP contribution < -0.4 is 5.56 Å². The number of alkyl halides is 1. The first-order valence-electron chi connectivity index (χ1n) is 5.33. The number of aryl methyl sites for hydroxylation is 2. The molecule has 0 saturated carbocycles. The largest absolute Gasteiger partial charge is 0.294 e. The van der Waals surface area contributed by atoms with Gasteiger partial charge in [-0.15, -0.1) is 0 Å². The van der Waals surface area contributed by atoms with Gasteiger partial charge >= 0.3 is 0 Å². The van der Waals surface area contributed by atoms with E-state index in [4.69, 9.17) is 0 Å². The molecule has 0 atom stereocenters. The van der Waals surface area contributed by atoms with E-state index < -0.39 is 0 Å². The summed E-state index contributed by atoms with van der Waals surface area (Å²) in [6, 6.07) is 1.92. The first-order valence-corrected chi connectivity index (χ1v) is 6.45. The van der Waals surface area contributed by atoms with Crippen molar-refractivity contribution in [2.24, 2.45) is 0 Å². The number of aromatic amines is 1. The molecule has 2 rings (SSSR count). The fourth-order valence-corrected chi connectivity index (χ4v) is 2.18. The Bertz CT molecular complexity index is 570. The summed E-state index contributed by atoms with van der Waals surface area (Å²) < 4.78 is 1.53. The van der Waals surface area contributed by atoms with Gasteiger partial charge in [0.2, 0.25) is 0 Å². The summed E-state index contributed by atoms with van der Waals surface area (Å²) in [6.45, 7) is 3.93. The first-order chi connectivity index (χ1) is 7.67. The molecule has 0 spiro atoms. The monoisotopic (exact) mass is 283 g/mol. The lowest BCUT2D eigenvalue weighted by atomic mass is 10.2. The Hall–Kier alpha value is -1.10. The molecule has 2 heterocycles. The molecular formula is C11H14BrN3O. The molecule has 0 amide bonds. The Morgan fingerprint density at radius 1 is 1.56 bits per heavy atom. The minimum absolute atomic E-state index is 0.0154. The lowest BCUT2D eigenvalue weighted by Crippen LogP contribution is -2.22. The molecule has 2 aromatic heterocycles. The molecule has 0 bridgehead atoms. The molecule has 16 heavy (non-hydrogen) atoms. The standard InChI is InChI=1S/C11H14BrN3O/c1-3-8-6-10-13-7(2)9(4-5-12)11(16)15(10)14-8/h6,14H,3-5H2,1-2H3. The SMILES string of the molecule is CCc1cc2nc(C)c(CCBr)c(=O)n2[nH]1. The molecule has 0 aromatic carbocycles. The maximum absolute atomic E-state index is 12.1. The highest BCUT2D eigenvalue weighted by atomic mass is 79.9. The highest BCUT2D eigenvalue weighted by molar-refractivity contribution is 9.09. The Balaban J connectivity index is 2.71. The van der Waals surface area contributed by atoms with Gasteiger partial charge < -0.3 is 0 Å². The normalized spacial score (nSPS) is 11.2. The Morgan fingerprint density at radius 3 is 2.94 bits per heavy atom. The van der Waals surface area contributed by atoms with Crippen molar-refractivity contribution in [1.29, 1.82) is 0 Å². The van der Waals surface area contributed by atoms with Crippen LogP contribution in [0.4, 0.5) is 0 Å². The van der Waals surface area contributed by atoms with Crippen LogP contribution in [0.2, 0.25) is 0 Å². The second kappa shape index (κ2) is 4.41. The minimum atomic E-state index is 0.0154. The molecule has 4 nitrogen and oxygen atoms in total. The fraction of sp³-hybridized carbons (Fsp3) is 0.455. The molecular weight excluding hydrogens is 270 g/mol. The van der Waals surface area contributed by atoms with Crippen LogP contribution in [0.5, 0.6) is 0 Å². The van der Waals surface area contributed by atoms with Crippen LogP contribution in [0.15, 0.2) is 10.9 Å². The Labute approximate surface area is 102 Å². The van der Waals surface area contributed by atoms with Crippen molar-refractivity contribution < 1.29 is 0 Å². The fourth-order valence-electron chi connectivity index (χ4n) is 1.78. The zero-order valence-corrected chi connectivity index (χ0v) is 11.0. The molecule has 0 aliphatic heterocycles. The van der Waals surface area contributed by atoms with Crippen molar-refractivity contribution in [3.8, 4) is 0 Å². The quantitative estimate of drug-likeness (QED) is 0.874. The zero-order valence-electron chi connectivity index (χ0n) is 9.38. The van der Waals surface area contributed by atoms with Crippen LogP contribution in [0, 0.1) is 6.92 Å². The van der Waals surface area contributed by atoms with Crippen molar-refractivity contribution in [2.75, 3.05) is 5.33 Å². The number of nitrogens with one attached hydrogen (secondary N) is 1. The van der Waals surface area contributed by atoms with E-state index in [-0.39, 0.29) is 5.56 Å². The summed E-state index contributed by atoms with van der Waals surface area (Å²) in [5.41, 5.74) is 3.35. The lowest BCUT2D eigenvalue weighted by Gasteiger charge is -2.02. The highest BCUT2D eigenvalue weighted by Crippen LogP contribution is 2.07. The maximum atomic E-state index is 12.1. The van der Waals surface area contributed by atoms with Gasteiger partial charge in [0.05, 0.1) is 0 Å². The third-order valence-corrected chi connectivity index (χ3v) is 3.09. The molecule has 0 fully saturated rings. The van der Waals surface area contributed by atoms with Gasteiger partial charge in [-0.2, -0.15) is 0 Å². The summed E-state index contributed by atoms with van der Waals surface area (Å²) in [6.07, 6.45) is 1.58. The van der Waals surface area contributed by atoms with Gasteiger partial charge in [0, 0.05) is 28.3 Å². The van der Waals surface area contributed by atoms with E-state index >= 15 is 0 Å². The molecule has 0 saturated heterocycles. The number of rotatable bonds is 3. The molecule has 0 radical (unpaired) electrons. The summed E-state index contributed by atoms with van der Waals surface area (Å²) in [5, 5.41) is 3.84. The molecule has 1 N–H and O–H groups in total. The Morgan fingerprint density at radius 2 is 2.31 bits per heavy atom. The van der Waals surface area contributed by atoms with Gasteiger partial charge in [-0.1, -0.05) is 22.9 Å². The van der Waals surface area contributed by atoms with E-state index in [0.29, 0.717) is 12.1 Å². The van der Waals surface area contributed by atoms with Crippen molar-refractivity contribution in [1.82, 2.24) is 14.6 Å². The molecule has 5 heteroatoms. The molecule has 0 unspecified atom stereocenters. The van der Waals surface area contributed by atoms with Crippen molar-refractivity contribution in [3.63, 3.8) is 0 Å². The van der Waals surface area contributed by atoms with Crippen molar-refractivity contribution >= 4 is 21.6 Å². The highest BCUT2D eigenvalue weighted by Gasteiger charge is 2.10. The van der Waals surface area contributed by atoms with Crippen molar-refractivity contribution in [3.05, 3.63) is 33.4 Å². The second-order valence-electron chi connectivity index (χ2n) is 3.75. The van der Waals surface area contributed by atoms with Crippen LogP contribution in [0.25, 0.3) is 5.65 Å². The van der Waals surface area contributed by atoms with Gasteiger partial charge in [-0.3, -0.25) is 9.89 Å². The summed E-state index contributed by atoms with van der Waals surface area (Å²) in [7, 11) is 0. The molecule has 2 aromatic rings. The first kappa shape index (κ1) is 11.4. The van der Waals surface area contributed by atoms with E-state index in [1.807, 2.05) is 19.9 Å². The average Bonchev–Trinajstić information content (AvgIpc) is 2.67. The van der Waals surface area contributed by atoms with Gasteiger partial charge in [-0.05, 0) is 19.8 Å². The van der Waals surface area contributed by atoms with Crippen LogP contribution in [0.1, 0.15) is 23.9 Å². The number of H-pyrrole nitrogens is 1. The van der Waals surface area contributed by atoms with Gasteiger partial charge in [-0.25, -0.2) is 9.50 Å². The number of hydrogen-bond acceptors (Lipinski definition) is 2. The third kappa shape index (κ3) is 1.80. The number of nitrogens with zero attached hydrogens (tertiary/aromatic N) is 2. The molecule has 86 valence electrons. The molecule has 0 aliphatic carbocycles. The van der Waals surface area contributed by atoms with E-state index in [2.05, 4.69) is 26.0 Å². The number of hydrogen-bond donors (Lipinski definition) is 1. The van der Waals surface area contributed by atoms with E-state index in [1.165, 1.54) is 4.52 Å². The minimum Gasteiger partial charge on any atom is -0.294 e. The van der Waals surface area contributed by atoms with Crippen LogP contribution in [0.3, 0.4) is 0 Å². The summed E-state index contributed by atoms with van der Waals surface area (Å²) in [4.78, 5) is 16.6. The average molecular weight is 284 g/mol. The van der Waals surface area contributed by atoms with Crippen LogP contribution in [-0.2, 0) is 12.8 Å². The predicted molar refractivity (Wildman–Crippen MR) is 67.4 cm³/mol. The molecule has 0 aliphatic rings. The van der Waals surface area contributed by atoms with E-state index in [9.17, 15) is 4.79 Å². The van der Waals surface area contributed by atoms with Crippen molar-refractivity contribution in [2.45, 2.75) is 26.7 Å². The number of aromatic nitrogens is 3. The number of halogens is 1. The summed E-state index contributed by atoms with van der Waals surface area (Å²) in [5.74, 6) is 0. The predicted octanol–water partition coefficient (Wildman–Crippen LogP) is 1.83. The second-order valence-corrected chi connectivity index (χ2v) is 4.54. The smallest absolute Gasteiger partial charge is 0.276 e. The van der Waals surface area contributed by atoms with Gasteiger partial charge in [0.1, 0.15) is 0 Å². The van der Waals surface area contributed by atoms with E-state index in [1.54, 1.807) is 0 Å². The summed E-state index contributed by atoms with van der Waals surface area (Å²) >= 11 is 3.35. The maximum Gasteiger partial charge on any atom is 0.276 e. The zero-order chi connectivity index (χ0) is 11.7. The van der Waals surface area contributed by atoms with E-state index in [0.717, 1.165) is 28.7 Å². The third-order valence-electron chi connectivity index (χ3n) is 2.69. The topological polar surface area (TPSA) is 50.2 Å². The van der Waals surface area contributed by atoms with Crippen LogP contribution in [-0.4, -0.2) is 19.9 Å². The lowest BCUT2D eigenvalue weighted by molar-refractivity contribution is 0.829. The van der Waals surface area contributed by atoms with Crippen LogP contribution >= 0.6 is 15.9 Å². The van der Waals surface area contributed by atoms with Gasteiger partial charge in [0.15, 0.2) is 5.65 Å². The number of fused-ring (bicyclic) bond motifs is 1. The Kier molecular flexibility index (Phi) is 3.14. The van der Waals surface area contributed by atoms with Gasteiger partial charge in [0.25, 0.3) is 5.56 Å².